The van der Waals surface area contributed by atoms with Crippen molar-refractivity contribution in [3.63, 3.8) is 0 Å². The van der Waals surface area contributed by atoms with Gasteiger partial charge >= 0.3 is 17.9 Å². The van der Waals surface area contributed by atoms with E-state index >= 15 is 0 Å². The third-order valence-corrected chi connectivity index (χ3v) is 17.6. The van der Waals surface area contributed by atoms with Crippen molar-refractivity contribution in [3.05, 3.63) is 232 Å². The SMILES string of the molecule is CCOC(=O)c1ccc(OCC#Cc2ccc(CC(NC(=O)C(Cc3ccccc3)NS(=O)(=O)c3ccc(C)cc3)C(=O)O)cc2)cc1.Cc1ccc(S(=O)(=O)NC(Cc2ccccc2)C(=O)NC(Cc2ccc(C#CC3(N)CCCCC3)cc2)C(=O)O)cc1. The lowest BCUT2D eigenvalue weighted by atomic mass is 9.83. The lowest BCUT2D eigenvalue weighted by molar-refractivity contribution is -0.142. The molecule has 0 saturated heterocycles. The molecule has 7 aromatic rings. The van der Waals surface area contributed by atoms with Crippen LogP contribution in [0.4, 0.5) is 0 Å². The van der Waals surface area contributed by atoms with Gasteiger partial charge in [0.25, 0.3) is 0 Å². The van der Waals surface area contributed by atoms with E-state index < -0.39 is 79.5 Å². The first-order valence-corrected chi connectivity index (χ1v) is 32.2. The molecule has 8 rings (SSSR count). The number of nitrogens with one attached hydrogen (secondary N) is 4. The molecule has 1 aliphatic carbocycles. The molecule has 18 nitrogen and oxygen atoms in total. The summed E-state index contributed by atoms with van der Waals surface area (Å²) in [7, 11) is -8.15. The van der Waals surface area contributed by atoms with Crippen LogP contribution in [0.15, 0.2) is 192 Å². The minimum atomic E-state index is -4.09. The third-order valence-electron chi connectivity index (χ3n) is 14.6. The number of rotatable bonds is 24. The maximum absolute atomic E-state index is 13.4. The fraction of sp³-hybridized carbons (Fsp3) is 0.271. The van der Waals surface area contributed by atoms with E-state index in [4.69, 9.17) is 15.2 Å². The predicted molar refractivity (Wildman–Crippen MR) is 342 cm³/mol. The number of hydrogen-bond donors (Lipinski definition) is 7. The van der Waals surface area contributed by atoms with Gasteiger partial charge in [-0.3, -0.25) is 9.59 Å². The van der Waals surface area contributed by atoms with E-state index in [1.165, 1.54) is 30.7 Å². The number of carbonyl (C=O) groups is 5. The van der Waals surface area contributed by atoms with E-state index in [9.17, 15) is 51.0 Å². The second-order valence-corrected chi connectivity index (χ2v) is 25.2. The van der Waals surface area contributed by atoms with E-state index in [-0.39, 0.29) is 42.1 Å². The summed E-state index contributed by atoms with van der Waals surface area (Å²) in [6.45, 7) is 5.81. The molecular formula is C70H73N5O13S2. The number of carbonyl (C=O) groups excluding carboxylic acids is 3. The molecular weight excluding hydrogens is 1180 g/mol. The average molecular weight is 1260 g/mol. The Morgan fingerprint density at radius 3 is 1.33 bits per heavy atom. The Balaban J connectivity index is 0.000000258. The summed E-state index contributed by atoms with van der Waals surface area (Å²) in [5.41, 5.74) is 12.3. The average Bonchev–Trinajstić information content (AvgIpc) is 3.14. The Hall–Kier alpha value is -9.41. The van der Waals surface area contributed by atoms with Crippen molar-refractivity contribution in [2.45, 2.75) is 118 Å². The summed E-state index contributed by atoms with van der Waals surface area (Å²) in [6, 6.07) is 45.8. The van der Waals surface area contributed by atoms with Crippen LogP contribution in [0.25, 0.3) is 0 Å². The first kappa shape index (κ1) is 68.1. The maximum atomic E-state index is 13.4. The van der Waals surface area contributed by atoms with Crippen LogP contribution in [0.5, 0.6) is 5.75 Å². The van der Waals surface area contributed by atoms with Crippen LogP contribution < -0.4 is 30.5 Å². The topological polar surface area (TPSA) is 287 Å². The maximum Gasteiger partial charge on any atom is 0.338 e. The molecule has 1 aliphatic rings. The monoisotopic (exact) mass is 1260 g/mol. The van der Waals surface area contributed by atoms with Gasteiger partial charge in [-0.15, -0.1) is 0 Å². The van der Waals surface area contributed by atoms with Gasteiger partial charge in [-0.25, -0.2) is 31.2 Å². The molecule has 2 amide bonds. The van der Waals surface area contributed by atoms with Gasteiger partial charge in [-0.05, 0) is 142 Å². The van der Waals surface area contributed by atoms with Gasteiger partial charge in [0.2, 0.25) is 31.9 Å². The Bertz CT molecular complexity index is 3920. The minimum absolute atomic E-state index is 0.00631. The summed E-state index contributed by atoms with van der Waals surface area (Å²) < 4.78 is 68.1. The van der Waals surface area contributed by atoms with Crippen LogP contribution in [0.1, 0.15) is 93.9 Å². The van der Waals surface area contributed by atoms with Gasteiger partial charge in [-0.1, -0.05) is 163 Å². The van der Waals surface area contributed by atoms with Crippen LogP contribution >= 0.6 is 0 Å². The number of benzene rings is 7. The second-order valence-electron chi connectivity index (χ2n) is 21.8. The van der Waals surface area contributed by atoms with Crippen molar-refractivity contribution in [2.24, 2.45) is 5.73 Å². The molecule has 468 valence electrons. The van der Waals surface area contributed by atoms with Crippen LogP contribution in [-0.4, -0.2) is 99.7 Å². The van der Waals surface area contributed by atoms with Crippen molar-refractivity contribution in [1.29, 1.82) is 0 Å². The highest BCUT2D eigenvalue weighted by atomic mass is 32.2. The molecule has 0 aromatic heterocycles. The zero-order valence-corrected chi connectivity index (χ0v) is 51.8. The van der Waals surface area contributed by atoms with Crippen LogP contribution in [0.2, 0.25) is 0 Å². The summed E-state index contributed by atoms with van der Waals surface area (Å²) in [6.07, 6.45) is 5.12. The predicted octanol–water partition coefficient (Wildman–Crippen LogP) is 8.01. The van der Waals surface area contributed by atoms with Crippen LogP contribution in [0.3, 0.4) is 0 Å². The van der Waals surface area contributed by atoms with E-state index in [1.54, 1.807) is 146 Å². The lowest BCUT2D eigenvalue weighted by Gasteiger charge is -2.27. The molecule has 4 atom stereocenters. The summed E-state index contributed by atoms with van der Waals surface area (Å²) in [5.74, 6) is 8.38. The molecule has 20 heteroatoms. The third kappa shape index (κ3) is 21.4. The Labute approximate surface area is 526 Å². The summed E-state index contributed by atoms with van der Waals surface area (Å²) in [5, 5.41) is 24.9. The van der Waals surface area contributed by atoms with Crippen molar-refractivity contribution in [3.8, 4) is 29.4 Å². The number of amides is 2. The minimum Gasteiger partial charge on any atom is -0.481 e. The first-order chi connectivity index (χ1) is 43.1. The number of ether oxygens (including phenoxy) is 2. The van der Waals surface area contributed by atoms with Gasteiger partial charge in [0.1, 0.15) is 36.5 Å². The largest absolute Gasteiger partial charge is 0.481 e. The smallest absolute Gasteiger partial charge is 0.338 e. The van der Waals surface area contributed by atoms with Crippen LogP contribution in [-0.2, 0) is 69.6 Å². The van der Waals surface area contributed by atoms with E-state index in [2.05, 4.69) is 43.8 Å². The Morgan fingerprint density at radius 2 is 0.922 bits per heavy atom. The van der Waals surface area contributed by atoms with Crippen molar-refractivity contribution in [2.75, 3.05) is 13.2 Å². The Kier molecular flexibility index (Phi) is 24.7. The molecule has 0 heterocycles. The number of nitrogens with two attached hydrogens (primary N) is 1. The van der Waals surface area contributed by atoms with Gasteiger partial charge in [-0.2, -0.15) is 9.44 Å². The molecule has 4 unspecified atom stereocenters. The molecule has 8 N–H and O–H groups in total. The number of aliphatic carboxylic acids is 2. The normalized spacial score (nSPS) is 13.9. The van der Waals surface area contributed by atoms with Gasteiger partial charge in [0.05, 0.1) is 27.5 Å². The van der Waals surface area contributed by atoms with Crippen molar-refractivity contribution in [1.82, 2.24) is 20.1 Å². The van der Waals surface area contributed by atoms with E-state index in [0.29, 0.717) is 40.2 Å². The van der Waals surface area contributed by atoms with Gasteiger partial charge in [0, 0.05) is 24.0 Å². The van der Waals surface area contributed by atoms with Gasteiger partial charge < -0.3 is 36.1 Å². The zero-order valence-electron chi connectivity index (χ0n) is 50.2. The van der Waals surface area contributed by atoms with Crippen LogP contribution in [0, 0.1) is 37.5 Å². The van der Waals surface area contributed by atoms with Crippen molar-refractivity contribution >= 4 is 49.8 Å². The van der Waals surface area contributed by atoms with E-state index in [0.717, 1.165) is 47.9 Å². The fourth-order valence-electron chi connectivity index (χ4n) is 9.55. The number of esters is 1. The highest BCUT2D eigenvalue weighted by molar-refractivity contribution is 7.89. The Morgan fingerprint density at radius 1 is 0.522 bits per heavy atom. The number of sulfonamides is 2. The molecule has 90 heavy (non-hydrogen) atoms. The van der Waals surface area contributed by atoms with E-state index in [1.807, 2.05) is 32.0 Å². The molecule has 0 radical (unpaired) electrons. The number of carboxylic acids is 2. The first-order valence-electron chi connectivity index (χ1n) is 29.3. The highest BCUT2D eigenvalue weighted by Crippen LogP contribution is 2.25. The molecule has 1 saturated carbocycles. The molecule has 0 aliphatic heterocycles. The summed E-state index contributed by atoms with van der Waals surface area (Å²) in [4.78, 5) is 63.0. The quantitative estimate of drug-likeness (QED) is 0.0223. The second kappa shape index (κ2) is 32.7. The number of hydrogen-bond acceptors (Lipinski definition) is 12. The molecule has 0 spiro atoms. The number of aryl methyl sites for hydroxylation is 2. The fourth-order valence-corrected chi connectivity index (χ4v) is 11.9. The zero-order chi connectivity index (χ0) is 64.7. The molecule has 1 fully saturated rings. The molecule has 7 aromatic carbocycles. The van der Waals surface area contributed by atoms with Gasteiger partial charge in [0.15, 0.2) is 0 Å². The molecule has 0 bridgehead atoms. The highest BCUT2D eigenvalue weighted by Gasteiger charge is 2.32. The lowest BCUT2D eigenvalue weighted by Crippen LogP contribution is -2.53. The number of carboxylic acid groups (broad SMARTS) is 2. The standard InChI is InChI=1S/C37H36N2O8S.C33H37N3O5S/c1-3-46-37(43)30-17-19-31(20-18-30)47-23-7-10-27-13-15-29(16-14-27)25-34(36(41)42)38-35(40)33(24-28-8-5-4-6-9-28)39-48(44,45)32-21-11-26(2)12-22-32;1-24-10-16-28(17-11-24)42(40,41)36-29(22-26-8-4-2-5-9-26)31(37)35-30(32(38)39)23-27-14-12-25(13-15-27)18-21-33(34)19-6-3-7-20-33/h4-6,8-9,11-22,33-34,39H,3,23-25H2,1-2H3,(H,38,40)(H,41,42);2,4-5,8-17,29-30,36H,3,6-7,19-20,22-23,34H2,1H3,(H,35,37)(H,38,39). The van der Waals surface area contributed by atoms with Crippen molar-refractivity contribution < 1.29 is 60.5 Å². The summed E-state index contributed by atoms with van der Waals surface area (Å²) >= 11 is 0.